The zero-order chi connectivity index (χ0) is 22.0. The molecule has 3 aliphatic rings. The predicted octanol–water partition coefficient (Wildman–Crippen LogP) is 3.19. The van der Waals surface area contributed by atoms with E-state index in [1.807, 2.05) is 0 Å². The van der Waals surface area contributed by atoms with Gasteiger partial charge in [0, 0.05) is 48.5 Å². The van der Waals surface area contributed by atoms with Crippen LogP contribution in [0.2, 0.25) is 10.0 Å². The molecule has 2 aromatic rings. The summed E-state index contributed by atoms with van der Waals surface area (Å²) in [5.74, 6) is 0.996. The van der Waals surface area contributed by atoms with Crippen LogP contribution in [0.25, 0.3) is 0 Å². The van der Waals surface area contributed by atoms with Crippen LogP contribution in [0.4, 0.5) is 0 Å². The number of rotatable bonds is 7. The first kappa shape index (κ1) is 21.2. The molecular weight excluding hydrogens is 459 g/mol. The minimum Gasteiger partial charge on any atom is -0.351 e. The van der Waals surface area contributed by atoms with Gasteiger partial charge in [0.1, 0.15) is 0 Å². The highest BCUT2D eigenvalue weighted by Gasteiger charge is 2.69. The van der Waals surface area contributed by atoms with Crippen LogP contribution >= 0.6 is 23.2 Å². The molecule has 1 aromatic heterocycles. The van der Waals surface area contributed by atoms with E-state index in [-0.39, 0.29) is 28.2 Å². The van der Waals surface area contributed by atoms with Gasteiger partial charge in [-0.05, 0) is 47.8 Å². The molecule has 1 aliphatic heterocycles. The van der Waals surface area contributed by atoms with E-state index in [9.17, 15) is 13.2 Å². The first-order chi connectivity index (χ1) is 14.7. The third kappa shape index (κ3) is 3.88. The van der Waals surface area contributed by atoms with E-state index in [4.69, 9.17) is 23.2 Å². The fraction of sp³-hybridized carbons (Fsp3) is 0.524. The SMILES string of the molecule is Cn1cnc(S(=O)(=O)N2C[C@@H]3[C@H](C2)C3(CNC(=O)c2cc(Cl)cc(Cl)c2)CC2CC2)c1. The summed E-state index contributed by atoms with van der Waals surface area (Å²) in [6.07, 6.45) is 6.51. The minimum absolute atomic E-state index is 0.0324. The summed E-state index contributed by atoms with van der Waals surface area (Å²) in [7, 11) is -1.83. The number of hydrogen-bond acceptors (Lipinski definition) is 4. The Morgan fingerprint density at radius 1 is 1.19 bits per heavy atom. The molecule has 0 spiro atoms. The van der Waals surface area contributed by atoms with Gasteiger partial charge in [0.2, 0.25) is 0 Å². The van der Waals surface area contributed by atoms with Gasteiger partial charge in [-0.3, -0.25) is 4.79 Å². The summed E-state index contributed by atoms with van der Waals surface area (Å²) in [5.41, 5.74) is 0.402. The molecule has 1 N–H and O–H groups in total. The van der Waals surface area contributed by atoms with Gasteiger partial charge >= 0.3 is 0 Å². The van der Waals surface area contributed by atoms with Crippen LogP contribution in [-0.4, -0.2) is 47.8 Å². The topological polar surface area (TPSA) is 84.3 Å². The maximum Gasteiger partial charge on any atom is 0.262 e. The molecule has 166 valence electrons. The van der Waals surface area contributed by atoms with Gasteiger partial charge in [-0.15, -0.1) is 0 Å². The summed E-state index contributed by atoms with van der Waals surface area (Å²) in [5, 5.41) is 4.00. The second kappa shape index (κ2) is 7.47. The molecule has 3 fully saturated rings. The van der Waals surface area contributed by atoms with E-state index in [0.29, 0.717) is 41.2 Å². The number of aryl methyl sites for hydroxylation is 1. The standard InChI is InChI=1S/C21H24Cl2N4O3S/c1-26-10-19(25-12-26)31(29,30)27-8-17-18(9-27)21(17,7-13-2-3-13)11-24-20(28)14-4-15(22)6-16(23)5-14/h4-6,10,12-13,17-18H,2-3,7-9,11H2,1H3,(H,24,28)/t17-,18+,21?. The molecule has 10 heteroatoms. The summed E-state index contributed by atoms with van der Waals surface area (Å²) in [6.45, 7) is 1.50. The number of carbonyl (C=O) groups excluding carboxylic acids is 1. The smallest absolute Gasteiger partial charge is 0.262 e. The molecule has 1 aromatic carbocycles. The van der Waals surface area contributed by atoms with Crippen molar-refractivity contribution in [1.82, 2.24) is 19.2 Å². The van der Waals surface area contributed by atoms with Gasteiger partial charge < -0.3 is 9.88 Å². The lowest BCUT2D eigenvalue weighted by molar-refractivity contribution is 0.0937. The summed E-state index contributed by atoms with van der Waals surface area (Å²) in [4.78, 5) is 16.7. The average molecular weight is 483 g/mol. The normalized spacial score (nSPS) is 27.8. The van der Waals surface area contributed by atoms with Crippen LogP contribution in [0.15, 0.2) is 35.7 Å². The predicted molar refractivity (Wildman–Crippen MR) is 118 cm³/mol. The van der Waals surface area contributed by atoms with E-state index in [2.05, 4.69) is 10.3 Å². The van der Waals surface area contributed by atoms with Crippen LogP contribution in [0.5, 0.6) is 0 Å². The Kier molecular flexibility index (Phi) is 5.12. The number of imidazole rings is 1. The largest absolute Gasteiger partial charge is 0.351 e. The van der Waals surface area contributed by atoms with Crippen LogP contribution < -0.4 is 5.32 Å². The number of benzene rings is 1. The zero-order valence-corrected chi connectivity index (χ0v) is 19.4. The lowest BCUT2D eigenvalue weighted by atomic mass is 9.92. The number of nitrogens with zero attached hydrogens (tertiary/aromatic N) is 3. The second-order valence-corrected chi connectivity index (χ2v) is 11.9. The summed E-state index contributed by atoms with van der Waals surface area (Å²) < 4.78 is 29.0. The van der Waals surface area contributed by atoms with Crippen molar-refractivity contribution in [2.45, 2.75) is 24.3 Å². The Morgan fingerprint density at radius 2 is 1.84 bits per heavy atom. The Hall–Kier alpha value is -1.61. The number of hydrogen-bond donors (Lipinski definition) is 1. The molecule has 1 amide bonds. The third-order valence-electron chi connectivity index (χ3n) is 7.01. The molecule has 7 nitrogen and oxygen atoms in total. The number of aromatic nitrogens is 2. The highest BCUT2D eigenvalue weighted by Crippen LogP contribution is 2.67. The number of halogens is 2. The van der Waals surface area contributed by atoms with Crippen LogP contribution in [0.1, 0.15) is 29.6 Å². The third-order valence-corrected chi connectivity index (χ3v) is 9.16. The molecule has 31 heavy (non-hydrogen) atoms. The van der Waals surface area contributed by atoms with E-state index in [1.165, 1.54) is 25.4 Å². The fourth-order valence-electron chi connectivity index (χ4n) is 5.18. The van der Waals surface area contributed by atoms with Gasteiger partial charge in [-0.1, -0.05) is 36.0 Å². The van der Waals surface area contributed by atoms with Crippen LogP contribution in [0, 0.1) is 23.2 Å². The van der Waals surface area contributed by atoms with E-state index in [0.717, 1.165) is 6.42 Å². The molecule has 1 unspecified atom stereocenters. The highest BCUT2D eigenvalue weighted by atomic mass is 35.5. The minimum atomic E-state index is -3.58. The lowest BCUT2D eigenvalue weighted by Crippen LogP contribution is -2.39. The highest BCUT2D eigenvalue weighted by molar-refractivity contribution is 7.89. The molecule has 5 rings (SSSR count). The zero-order valence-electron chi connectivity index (χ0n) is 17.1. The summed E-state index contributed by atoms with van der Waals surface area (Å²) in [6, 6.07) is 4.80. The van der Waals surface area contributed by atoms with Gasteiger partial charge in [-0.25, -0.2) is 13.4 Å². The molecular formula is C21H24Cl2N4O3S. The Balaban J connectivity index is 1.28. The number of piperidine rings is 1. The number of carbonyl (C=O) groups is 1. The molecule has 2 heterocycles. The van der Waals surface area contributed by atoms with E-state index >= 15 is 0 Å². The van der Waals surface area contributed by atoms with Crippen LogP contribution in [0.3, 0.4) is 0 Å². The first-order valence-electron chi connectivity index (χ1n) is 10.4. The molecule has 0 bridgehead atoms. The number of sulfonamides is 1. The van der Waals surface area contributed by atoms with Gasteiger partial charge in [-0.2, -0.15) is 4.31 Å². The Labute approximate surface area is 191 Å². The molecule has 3 atom stereocenters. The van der Waals surface area contributed by atoms with Crippen molar-refractivity contribution >= 4 is 39.1 Å². The fourth-order valence-corrected chi connectivity index (χ4v) is 7.17. The number of amides is 1. The molecule has 2 aliphatic carbocycles. The molecule has 2 saturated carbocycles. The maximum absolute atomic E-state index is 12.9. The van der Waals surface area contributed by atoms with Crippen molar-refractivity contribution in [2.75, 3.05) is 19.6 Å². The van der Waals surface area contributed by atoms with Gasteiger partial charge in [0.25, 0.3) is 15.9 Å². The van der Waals surface area contributed by atoms with Gasteiger partial charge in [0.15, 0.2) is 5.03 Å². The van der Waals surface area contributed by atoms with Gasteiger partial charge in [0.05, 0.1) is 6.33 Å². The Bertz CT molecular complexity index is 1110. The molecule has 1 saturated heterocycles. The van der Waals surface area contributed by atoms with Crippen molar-refractivity contribution in [3.63, 3.8) is 0 Å². The molecule has 0 radical (unpaired) electrons. The monoisotopic (exact) mass is 482 g/mol. The average Bonchev–Trinajstić information content (AvgIpc) is 3.46. The summed E-state index contributed by atoms with van der Waals surface area (Å²) >= 11 is 12.1. The van der Waals surface area contributed by atoms with E-state index < -0.39 is 10.0 Å². The Morgan fingerprint density at radius 3 is 2.39 bits per heavy atom. The van der Waals surface area contributed by atoms with Crippen molar-refractivity contribution in [3.8, 4) is 0 Å². The van der Waals surface area contributed by atoms with Crippen molar-refractivity contribution in [1.29, 1.82) is 0 Å². The van der Waals surface area contributed by atoms with Crippen molar-refractivity contribution in [3.05, 3.63) is 46.3 Å². The quantitative estimate of drug-likeness (QED) is 0.656. The number of nitrogens with one attached hydrogen (secondary N) is 1. The first-order valence-corrected chi connectivity index (χ1v) is 12.6. The number of fused-ring (bicyclic) bond motifs is 1. The lowest BCUT2D eigenvalue weighted by Gasteiger charge is -2.26. The van der Waals surface area contributed by atoms with Crippen LogP contribution in [-0.2, 0) is 17.1 Å². The van der Waals surface area contributed by atoms with E-state index in [1.54, 1.807) is 34.1 Å². The second-order valence-electron chi connectivity index (χ2n) is 9.13. The maximum atomic E-state index is 12.9. The van der Waals surface area contributed by atoms with Crippen molar-refractivity contribution < 1.29 is 13.2 Å². The van der Waals surface area contributed by atoms with Crippen molar-refractivity contribution in [2.24, 2.45) is 30.2 Å².